The molecular weight excluding hydrogens is 203 g/mol. The summed E-state index contributed by atoms with van der Waals surface area (Å²) in [6.45, 7) is -0.738. The Morgan fingerprint density at radius 1 is 1.57 bits per heavy atom. The molecule has 0 bridgehead atoms. The lowest BCUT2D eigenvalue weighted by atomic mass is 10.3. The van der Waals surface area contributed by atoms with Crippen LogP contribution in [0.25, 0.3) is 0 Å². The lowest BCUT2D eigenvalue weighted by molar-refractivity contribution is -0.160. The highest BCUT2D eigenvalue weighted by Crippen LogP contribution is 2.14. The summed E-state index contributed by atoms with van der Waals surface area (Å²) in [5.74, 6) is 0. The monoisotopic (exact) mass is 213 g/mol. The van der Waals surface area contributed by atoms with Crippen LogP contribution in [0.3, 0.4) is 0 Å². The molecule has 1 aliphatic heterocycles. The number of amides is 1. The summed E-state index contributed by atoms with van der Waals surface area (Å²) in [7, 11) is 0. The van der Waals surface area contributed by atoms with E-state index in [0.29, 0.717) is 19.6 Å². The van der Waals surface area contributed by atoms with Gasteiger partial charge in [0.1, 0.15) is 0 Å². The van der Waals surface area contributed by atoms with E-state index in [1.165, 1.54) is 0 Å². The average Bonchev–Trinajstić information content (AvgIpc) is 2.52. The van der Waals surface area contributed by atoms with Crippen molar-refractivity contribution >= 4 is 6.09 Å². The SMILES string of the molecule is O=C(NC1CCOC1)OCC(F)(F)F. The van der Waals surface area contributed by atoms with E-state index in [1.807, 2.05) is 0 Å². The Bertz CT molecular complexity index is 201. The smallest absolute Gasteiger partial charge is 0.422 e. The topological polar surface area (TPSA) is 47.6 Å². The molecule has 0 aromatic rings. The summed E-state index contributed by atoms with van der Waals surface area (Å²) in [6.07, 6.45) is -4.94. The molecule has 0 radical (unpaired) electrons. The van der Waals surface area contributed by atoms with E-state index in [9.17, 15) is 18.0 Å². The number of ether oxygens (including phenoxy) is 2. The van der Waals surface area contributed by atoms with Crippen molar-refractivity contribution in [2.45, 2.75) is 18.6 Å². The molecule has 1 N–H and O–H groups in total. The number of alkyl halides is 3. The first-order chi connectivity index (χ1) is 6.47. The molecule has 0 aromatic carbocycles. The van der Waals surface area contributed by atoms with E-state index >= 15 is 0 Å². The molecule has 0 aliphatic carbocycles. The first kappa shape index (κ1) is 11.1. The second-order valence-corrected chi connectivity index (χ2v) is 2.90. The molecule has 0 saturated carbocycles. The van der Waals surface area contributed by atoms with Crippen LogP contribution in [-0.4, -0.2) is 38.1 Å². The van der Waals surface area contributed by atoms with Crippen LogP contribution in [0.15, 0.2) is 0 Å². The standard InChI is InChI=1S/C7H10F3NO3/c8-7(9,10)4-14-6(12)11-5-1-2-13-3-5/h5H,1-4H2,(H,11,12). The highest BCUT2D eigenvalue weighted by atomic mass is 19.4. The van der Waals surface area contributed by atoms with Gasteiger partial charge < -0.3 is 14.8 Å². The molecule has 1 heterocycles. The van der Waals surface area contributed by atoms with E-state index in [0.717, 1.165) is 0 Å². The van der Waals surface area contributed by atoms with Gasteiger partial charge in [-0.25, -0.2) is 4.79 Å². The first-order valence-corrected chi connectivity index (χ1v) is 4.05. The van der Waals surface area contributed by atoms with Crippen LogP contribution >= 0.6 is 0 Å². The van der Waals surface area contributed by atoms with E-state index in [4.69, 9.17) is 4.74 Å². The van der Waals surface area contributed by atoms with Gasteiger partial charge in [0, 0.05) is 6.61 Å². The van der Waals surface area contributed by atoms with E-state index in [2.05, 4.69) is 10.1 Å². The fourth-order valence-corrected chi connectivity index (χ4v) is 1.00. The summed E-state index contributed by atoms with van der Waals surface area (Å²) in [6, 6.07) is -0.240. The third kappa shape index (κ3) is 4.31. The quantitative estimate of drug-likeness (QED) is 0.746. The van der Waals surface area contributed by atoms with Gasteiger partial charge in [0.05, 0.1) is 12.6 Å². The van der Waals surface area contributed by atoms with E-state index < -0.39 is 18.9 Å². The number of halogens is 3. The lowest BCUT2D eigenvalue weighted by Gasteiger charge is -2.12. The maximum atomic E-state index is 11.6. The van der Waals surface area contributed by atoms with Crippen LogP contribution in [0.4, 0.5) is 18.0 Å². The Morgan fingerprint density at radius 2 is 2.29 bits per heavy atom. The minimum absolute atomic E-state index is 0.240. The molecule has 1 fully saturated rings. The molecule has 82 valence electrons. The second-order valence-electron chi connectivity index (χ2n) is 2.90. The molecule has 14 heavy (non-hydrogen) atoms. The van der Waals surface area contributed by atoms with Crippen molar-refractivity contribution in [1.29, 1.82) is 0 Å². The molecule has 7 heteroatoms. The zero-order valence-corrected chi connectivity index (χ0v) is 7.26. The molecule has 1 saturated heterocycles. The molecule has 1 rings (SSSR count). The summed E-state index contributed by atoms with van der Waals surface area (Å²) >= 11 is 0. The number of carbonyl (C=O) groups excluding carboxylic acids is 1. The van der Waals surface area contributed by atoms with Crippen molar-refractivity contribution in [3.05, 3.63) is 0 Å². The largest absolute Gasteiger partial charge is 0.440 e. The predicted octanol–water partition coefficient (Wildman–Crippen LogP) is 1.06. The van der Waals surface area contributed by atoms with Gasteiger partial charge in [0.25, 0.3) is 0 Å². The Balaban J connectivity index is 2.15. The fourth-order valence-electron chi connectivity index (χ4n) is 1.00. The van der Waals surface area contributed by atoms with Gasteiger partial charge in [0.2, 0.25) is 0 Å². The van der Waals surface area contributed by atoms with Crippen molar-refractivity contribution in [3.8, 4) is 0 Å². The molecule has 1 aliphatic rings. The molecule has 1 amide bonds. The third-order valence-corrected chi connectivity index (χ3v) is 1.62. The Labute approximate surface area is 78.4 Å². The van der Waals surface area contributed by atoms with Crippen LogP contribution in [0.5, 0.6) is 0 Å². The van der Waals surface area contributed by atoms with Crippen molar-refractivity contribution in [3.63, 3.8) is 0 Å². The van der Waals surface area contributed by atoms with Gasteiger partial charge in [-0.15, -0.1) is 0 Å². The Kier molecular flexibility index (Phi) is 3.56. The van der Waals surface area contributed by atoms with Gasteiger partial charge in [-0.1, -0.05) is 0 Å². The highest BCUT2D eigenvalue weighted by Gasteiger charge is 2.30. The second kappa shape index (κ2) is 4.50. The maximum absolute atomic E-state index is 11.6. The molecular formula is C7H10F3NO3. The van der Waals surface area contributed by atoms with Crippen LogP contribution < -0.4 is 5.32 Å². The van der Waals surface area contributed by atoms with Gasteiger partial charge in [-0.2, -0.15) is 13.2 Å². The van der Waals surface area contributed by atoms with Crippen LogP contribution in [0.2, 0.25) is 0 Å². The molecule has 1 atom stereocenters. The molecule has 4 nitrogen and oxygen atoms in total. The van der Waals surface area contributed by atoms with Gasteiger partial charge in [0.15, 0.2) is 6.61 Å². The van der Waals surface area contributed by atoms with Crippen LogP contribution in [-0.2, 0) is 9.47 Å². The average molecular weight is 213 g/mol. The van der Waals surface area contributed by atoms with Gasteiger partial charge >= 0.3 is 12.3 Å². The lowest BCUT2D eigenvalue weighted by Crippen LogP contribution is -2.37. The Morgan fingerprint density at radius 3 is 2.79 bits per heavy atom. The van der Waals surface area contributed by atoms with Gasteiger partial charge in [-0.05, 0) is 6.42 Å². The Hall–Kier alpha value is -0.980. The minimum Gasteiger partial charge on any atom is -0.440 e. The summed E-state index contributed by atoms with van der Waals surface area (Å²) in [5, 5.41) is 2.27. The molecule has 0 spiro atoms. The molecule has 1 unspecified atom stereocenters. The summed E-state index contributed by atoms with van der Waals surface area (Å²) < 4.78 is 43.6. The number of carbonyl (C=O) groups is 1. The van der Waals surface area contributed by atoms with Crippen molar-refractivity contribution in [2.24, 2.45) is 0 Å². The van der Waals surface area contributed by atoms with Crippen molar-refractivity contribution in [2.75, 3.05) is 19.8 Å². The molecule has 0 aromatic heterocycles. The number of nitrogens with one attached hydrogen (secondary N) is 1. The zero-order valence-electron chi connectivity index (χ0n) is 7.26. The third-order valence-electron chi connectivity index (χ3n) is 1.62. The van der Waals surface area contributed by atoms with Crippen molar-refractivity contribution < 1.29 is 27.4 Å². The fraction of sp³-hybridized carbons (Fsp3) is 0.857. The summed E-state index contributed by atoms with van der Waals surface area (Å²) in [5.41, 5.74) is 0. The van der Waals surface area contributed by atoms with Gasteiger partial charge in [-0.3, -0.25) is 0 Å². The van der Waals surface area contributed by atoms with Crippen molar-refractivity contribution in [1.82, 2.24) is 5.32 Å². The maximum Gasteiger partial charge on any atom is 0.422 e. The van der Waals surface area contributed by atoms with Crippen LogP contribution in [0.1, 0.15) is 6.42 Å². The van der Waals surface area contributed by atoms with E-state index in [-0.39, 0.29) is 6.04 Å². The summed E-state index contributed by atoms with van der Waals surface area (Å²) in [4.78, 5) is 10.8. The number of rotatable bonds is 2. The minimum atomic E-state index is -4.48. The predicted molar refractivity (Wildman–Crippen MR) is 39.8 cm³/mol. The highest BCUT2D eigenvalue weighted by molar-refractivity contribution is 5.67. The normalized spacial score (nSPS) is 22.1. The van der Waals surface area contributed by atoms with E-state index in [1.54, 1.807) is 0 Å². The number of hydrogen-bond acceptors (Lipinski definition) is 3. The number of hydrogen-bond donors (Lipinski definition) is 1. The number of alkyl carbamates (subject to hydrolysis) is 1. The zero-order chi connectivity index (χ0) is 10.6. The van der Waals surface area contributed by atoms with Crippen LogP contribution in [0, 0.1) is 0 Å². The first-order valence-electron chi connectivity index (χ1n) is 4.05.